The van der Waals surface area contributed by atoms with Gasteiger partial charge in [-0.1, -0.05) is 30.2 Å². The van der Waals surface area contributed by atoms with Crippen LogP contribution < -0.4 is 5.56 Å². The Morgan fingerprint density at radius 3 is 2.88 bits per heavy atom. The van der Waals surface area contributed by atoms with E-state index in [2.05, 4.69) is 9.97 Å². The van der Waals surface area contributed by atoms with E-state index in [0.717, 1.165) is 36.1 Å². The summed E-state index contributed by atoms with van der Waals surface area (Å²) >= 11 is 0. The molecule has 1 amide bonds. The fourth-order valence-corrected chi connectivity index (χ4v) is 3.46. The van der Waals surface area contributed by atoms with Crippen molar-refractivity contribution in [1.82, 2.24) is 14.9 Å². The Balaban J connectivity index is 1.63. The van der Waals surface area contributed by atoms with Crippen molar-refractivity contribution in [3.05, 3.63) is 51.4 Å². The standard InChI is InChI=1S/C19H21N3O2/c1-12-4-2-7-14(10-12)17-20-16-8-9-22(11-15(16)18(23)21-17)19(24)13-5-3-6-13/h2,4,7,10,13H,3,5-6,8-9,11H2,1H3,(H,20,21,23). The van der Waals surface area contributed by atoms with E-state index in [0.29, 0.717) is 30.9 Å². The van der Waals surface area contributed by atoms with Crippen LogP contribution in [0.15, 0.2) is 29.1 Å². The number of nitrogens with zero attached hydrogens (tertiary/aromatic N) is 2. The van der Waals surface area contributed by atoms with Gasteiger partial charge in [0.15, 0.2) is 0 Å². The van der Waals surface area contributed by atoms with Crippen LogP contribution in [0.3, 0.4) is 0 Å². The van der Waals surface area contributed by atoms with Gasteiger partial charge in [0.2, 0.25) is 5.91 Å². The van der Waals surface area contributed by atoms with Gasteiger partial charge in [-0.15, -0.1) is 0 Å². The maximum atomic E-state index is 12.5. The average molecular weight is 323 g/mol. The second-order valence-corrected chi connectivity index (χ2v) is 6.85. The van der Waals surface area contributed by atoms with Crippen LogP contribution in [0, 0.1) is 12.8 Å². The van der Waals surface area contributed by atoms with Crippen LogP contribution >= 0.6 is 0 Å². The van der Waals surface area contributed by atoms with Gasteiger partial charge >= 0.3 is 0 Å². The Bertz CT molecular complexity index is 852. The minimum atomic E-state index is -0.123. The number of aryl methyl sites for hydroxylation is 1. The van der Waals surface area contributed by atoms with Gasteiger partial charge in [-0.25, -0.2) is 4.98 Å². The van der Waals surface area contributed by atoms with Crippen molar-refractivity contribution in [2.45, 2.75) is 39.2 Å². The molecule has 124 valence electrons. The highest BCUT2D eigenvalue weighted by Crippen LogP contribution is 2.30. The monoisotopic (exact) mass is 323 g/mol. The van der Waals surface area contributed by atoms with E-state index in [1.807, 2.05) is 36.1 Å². The molecule has 2 aliphatic rings. The molecule has 5 heteroatoms. The van der Waals surface area contributed by atoms with Gasteiger partial charge in [0.05, 0.1) is 17.8 Å². The van der Waals surface area contributed by atoms with Gasteiger partial charge < -0.3 is 9.88 Å². The molecule has 1 saturated carbocycles. The second kappa shape index (κ2) is 5.89. The molecule has 1 aromatic carbocycles. The van der Waals surface area contributed by atoms with Crippen LogP contribution in [-0.2, 0) is 17.8 Å². The number of hydrogen-bond donors (Lipinski definition) is 1. The highest BCUT2D eigenvalue weighted by Gasteiger charge is 2.32. The number of benzene rings is 1. The zero-order valence-electron chi connectivity index (χ0n) is 13.8. The van der Waals surface area contributed by atoms with Gasteiger partial charge in [0.1, 0.15) is 5.82 Å². The average Bonchev–Trinajstić information content (AvgIpc) is 2.53. The smallest absolute Gasteiger partial charge is 0.256 e. The van der Waals surface area contributed by atoms with E-state index in [4.69, 9.17) is 0 Å². The molecular formula is C19H21N3O2. The Hall–Kier alpha value is -2.43. The largest absolute Gasteiger partial charge is 0.337 e. The molecule has 1 N–H and O–H groups in total. The van der Waals surface area contributed by atoms with E-state index >= 15 is 0 Å². The highest BCUT2D eigenvalue weighted by atomic mass is 16.2. The summed E-state index contributed by atoms with van der Waals surface area (Å²) in [5, 5.41) is 0. The lowest BCUT2D eigenvalue weighted by Crippen LogP contribution is -2.43. The number of nitrogens with one attached hydrogen (secondary N) is 1. The fourth-order valence-electron chi connectivity index (χ4n) is 3.46. The maximum absolute atomic E-state index is 12.5. The molecule has 1 aromatic heterocycles. The minimum absolute atomic E-state index is 0.123. The van der Waals surface area contributed by atoms with Crippen LogP contribution in [0.1, 0.15) is 36.1 Å². The molecule has 1 aliphatic heterocycles. The topological polar surface area (TPSA) is 66.1 Å². The number of rotatable bonds is 2. The first kappa shape index (κ1) is 15.1. The molecular weight excluding hydrogens is 302 g/mol. The van der Waals surface area contributed by atoms with Crippen LogP contribution in [0.5, 0.6) is 0 Å². The molecule has 1 aliphatic carbocycles. The second-order valence-electron chi connectivity index (χ2n) is 6.85. The summed E-state index contributed by atoms with van der Waals surface area (Å²) in [6, 6.07) is 7.94. The van der Waals surface area contributed by atoms with Gasteiger partial charge in [-0.05, 0) is 25.8 Å². The summed E-state index contributed by atoms with van der Waals surface area (Å²) in [7, 11) is 0. The van der Waals surface area contributed by atoms with E-state index in [1.165, 1.54) is 0 Å². The zero-order chi connectivity index (χ0) is 16.7. The summed E-state index contributed by atoms with van der Waals surface area (Å²) < 4.78 is 0. The molecule has 0 unspecified atom stereocenters. The van der Waals surface area contributed by atoms with Crippen LogP contribution in [0.25, 0.3) is 11.4 Å². The summed E-state index contributed by atoms with van der Waals surface area (Å²) in [5.41, 5.74) is 3.40. The Morgan fingerprint density at radius 1 is 1.33 bits per heavy atom. The SMILES string of the molecule is Cc1cccc(-c2nc3c(c(=O)[nH]2)CN(C(=O)C2CCC2)CC3)c1. The summed E-state index contributed by atoms with van der Waals surface area (Å²) in [6.07, 6.45) is 3.77. The number of aromatic nitrogens is 2. The van der Waals surface area contributed by atoms with E-state index in [-0.39, 0.29) is 17.4 Å². The molecule has 24 heavy (non-hydrogen) atoms. The normalized spacial score (nSPS) is 17.3. The molecule has 0 bridgehead atoms. The third-order valence-corrected chi connectivity index (χ3v) is 5.13. The van der Waals surface area contributed by atoms with Gasteiger partial charge in [0, 0.05) is 24.4 Å². The Kier molecular flexibility index (Phi) is 3.71. The quantitative estimate of drug-likeness (QED) is 0.923. The predicted molar refractivity (Wildman–Crippen MR) is 91.5 cm³/mol. The first-order chi connectivity index (χ1) is 11.6. The molecule has 0 radical (unpaired) electrons. The van der Waals surface area contributed by atoms with E-state index in [1.54, 1.807) is 0 Å². The zero-order valence-corrected chi connectivity index (χ0v) is 13.8. The molecule has 2 aromatic rings. The van der Waals surface area contributed by atoms with Crippen LogP contribution in [0.2, 0.25) is 0 Å². The predicted octanol–water partition coefficient (Wildman–Crippen LogP) is 2.43. The lowest BCUT2D eigenvalue weighted by atomic mass is 9.84. The number of aromatic amines is 1. The highest BCUT2D eigenvalue weighted by molar-refractivity contribution is 5.79. The van der Waals surface area contributed by atoms with E-state index < -0.39 is 0 Å². The van der Waals surface area contributed by atoms with E-state index in [9.17, 15) is 9.59 Å². The Morgan fingerprint density at radius 2 is 2.17 bits per heavy atom. The number of amides is 1. The molecule has 0 spiro atoms. The van der Waals surface area contributed by atoms with Crippen molar-refractivity contribution in [2.75, 3.05) is 6.54 Å². The third kappa shape index (κ3) is 2.64. The number of carbonyl (C=O) groups excluding carboxylic acids is 1. The summed E-state index contributed by atoms with van der Waals surface area (Å²) in [4.78, 5) is 34.3. The minimum Gasteiger partial charge on any atom is -0.337 e. The van der Waals surface area contributed by atoms with Crippen molar-refractivity contribution < 1.29 is 4.79 Å². The van der Waals surface area contributed by atoms with Crippen LogP contribution in [-0.4, -0.2) is 27.3 Å². The third-order valence-electron chi connectivity index (χ3n) is 5.13. The van der Waals surface area contributed by atoms with Gasteiger partial charge in [-0.2, -0.15) is 0 Å². The molecule has 1 fully saturated rings. The summed E-state index contributed by atoms with van der Waals surface area (Å²) in [5.74, 6) is 0.987. The fraction of sp³-hybridized carbons (Fsp3) is 0.421. The van der Waals surface area contributed by atoms with Gasteiger partial charge in [-0.3, -0.25) is 9.59 Å². The Labute approximate surface area is 140 Å². The number of carbonyl (C=O) groups is 1. The van der Waals surface area contributed by atoms with Crippen molar-refractivity contribution in [3.63, 3.8) is 0 Å². The molecule has 4 rings (SSSR count). The number of fused-ring (bicyclic) bond motifs is 1. The maximum Gasteiger partial charge on any atom is 0.256 e. The lowest BCUT2D eigenvalue weighted by molar-refractivity contribution is -0.139. The molecule has 5 nitrogen and oxygen atoms in total. The summed E-state index contributed by atoms with van der Waals surface area (Å²) in [6.45, 7) is 3.07. The van der Waals surface area contributed by atoms with Crippen LogP contribution in [0.4, 0.5) is 0 Å². The first-order valence-electron chi connectivity index (χ1n) is 8.60. The molecule has 0 saturated heterocycles. The van der Waals surface area contributed by atoms with Crippen molar-refractivity contribution >= 4 is 5.91 Å². The number of H-pyrrole nitrogens is 1. The van der Waals surface area contributed by atoms with Crippen molar-refractivity contribution in [3.8, 4) is 11.4 Å². The number of hydrogen-bond acceptors (Lipinski definition) is 3. The van der Waals surface area contributed by atoms with Crippen molar-refractivity contribution in [1.29, 1.82) is 0 Å². The first-order valence-corrected chi connectivity index (χ1v) is 8.60. The molecule has 2 heterocycles. The molecule has 0 atom stereocenters. The lowest BCUT2D eigenvalue weighted by Gasteiger charge is -2.34. The van der Waals surface area contributed by atoms with Gasteiger partial charge in [0.25, 0.3) is 5.56 Å². The van der Waals surface area contributed by atoms with Crippen molar-refractivity contribution in [2.24, 2.45) is 5.92 Å².